The zero-order chi connectivity index (χ0) is 10.6. The number of rotatable bonds is 3. The van der Waals surface area contributed by atoms with Gasteiger partial charge >= 0.3 is 5.97 Å². The number of aromatic carboxylic acids is 1. The number of carbonyl (C=O) groups is 1. The van der Waals surface area contributed by atoms with Gasteiger partial charge in [-0.1, -0.05) is 6.92 Å². The van der Waals surface area contributed by atoms with E-state index < -0.39 is 5.97 Å². The number of carboxylic acids is 1. The average Bonchev–Trinajstić information content (AvgIpc) is 2.17. The monoisotopic (exact) mass is 207 g/mol. The van der Waals surface area contributed by atoms with Crippen LogP contribution in [-0.2, 0) is 0 Å². The average molecular weight is 207 g/mol. The number of hydrogen-bond donors (Lipinski definition) is 1. The number of thioether (sulfide) groups is 1. The lowest BCUT2D eigenvalue weighted by molar-refractivity contribution is 0.0696. The summed E-state index contributed by atoms with van der Waals surface area (Å²) in [6, 6.07) is 6.68. The zero-order valence-electron chi connectivity index (χ0n) is 7.65. The minimum absolute atomic E-state index is 0.0629. The Hall–Kier alpha value is -1.47. The van der Waals surface area contributed by atoms with Gasteiger partial charge in [0.15, 0.2) is 0 Å². The topological polar surface area (TPSA) is 61.1 Å². The zero-order valence-corrected chi connectivity index (χ0v) is 8.47. The van der Waals surface area contributed by atoms with Crippen LogP contribution < -0.4 is 0 Å². The third kappa shape index (κ3) is 2.27. The molecule has 0 bridgehead atoms. The highest BCUT2D eigenvalue weighted by Crippen LogP contribution is 2.20. The van der Waals surface area contributed by atoms with Crippen LogP contribution in [0.5, 0.6) is 0 Å². The molecule has 0 aliphatic carbocycles. The highest BCUT2D eigenvalue weighted by Gasteiger charge is 2.09. The Bertz CT molecular complexity index is 396. The quantitative estimate of drug-likeness (QED) is 0.773. The number of hydrogen-bond acceptors (Lipinski definition) is 3. The van der Waals surface area contributed by atoms with Crippen LogP contribution in [0, 0.1) is 11.3 Å². The molecule has 0 radical (unpaired) electrons. The van der Waals surface area contributed by atoms with Crippen molar-refractivity contribution in [2.75, 3.05) is 5.75 Å². The van der Waals surface area contributed by atoms with Crippen molar-refractivity contribution in [1.29, 1.82) is 5.26 Å². The fraction of sp³-hybridized carbons (Fsp3) is 0.200. The molecule has 0 spiro atoms. The van der Waals surface area contributed by atoms with E-state index in [4.69, 9.17) is 10.4 Å². The molecule has 14 heavy (non-hydrogen) atoms. The largest absolute Gasteiger partial charge is 0.478 e. The van der Waals surface area contributed by atoms with Crippen molar-refractivity contribution in [3.8, 4) is 6.07 Å². The van der Waals surface area contributed by atoms with Crippen molar-refractivity contribution >= 4 is 17.7 Å². The van der Waals surface area contributed by atoms with Crippen LogP contribution in [0.15, 0.2) is 23.1 Å². The van der Waals surface area contributed by atoms with Gasteiger partial charge in [-0.05, 0) is 24.0 Å². The first-order chi connectivity index (χ1) is 6.69. The molecule has 0 fully saturated rings. The standard InChI is InChI=1S/C10H9NO2S/c1-2-14-8-3-4-9(10(12)13)7(5-8)6-11/h3-5H,2H2,1H3,(H,12,13). The lowest BCUT2D eigenvalue weighted by Crippen LogP contribution is -1.99. The molecule has 0 unspecified atom stereocenters. The Balaban J connectivity index is 3.13. The fourth-order valence-corrected chi connectivity index (χ4v) is 1.76. The normalized spacial score (nSPS) is 9.43. The Kier molecular flexibility index (Phi) is 3.55. The summed E-state index contributed by atoms with van der Waals surface area (Å²) in [6.45, 7) is 2.00. The molecule has 1 aromatic rings. The second-order valence-corrected chi connectivity index (χ2v) is 3.89. The Morgan fingerprint density at radius 3 is 2.86 bits per heavy atom. The van der Waals surface area contributed by atoms with Crippen LogP contribution >= 0.6 is 11.8 Å². The van der Waals surface area contributed by atoms with E-state index in [1.165, 1.54) is 6.07 Å². The van der Waals surface area contributed by atoms with Gasteiger partial charge in [0, 0.05) is 4.90 Å². The summed E-state index contributed by atoms with van der Waals surface area (Å²) in [4.78, 5) is 11.6. The van der Waals surface area contributed by atoms with Gasteiger partial charge < -0.3 is 5.11 Å². The van der Waals surface area contributed by atoms with E-state index >= 15 is 0 Å². The molecule has 0 saturated carbocycles. The molecule has 1 aromatic carbocycles. The molecule has 0 atom stereocenters. The molecule has 1 N–H and O–H groups in total. The predicted molar refractivity (Wildman–Crippen MR) is 54.5 cm³/mol. The van der Waals surface area contributed by atoms with Crippen molar-refractivity contribution in [1.82, 2.24) is 0 Å². The highest BCUT2D eigenvalue weighted by molar-refractivity contribution is 7.99. The number of carboxylic acid groups (broad SMARTS) is 1. The van der Waals surface area contributed by atoms with Gasteiger partial charge in [-0.2, -0.15) is 5.26 Å². The lowest BCUT2D eigenvalue weighted by atomic mass is 10.1. The number of benzene rings is 1. The first-order valence-corrected chi connectivity index (χ1v) is 5.07. The first-order valence-electron chi connectivity index (χ1n) is 4.09. The summed E-state index contributed by atoms with van der Waals surface area (Å²) in [5.41, 5.74) is 0.281. The van der Waals surface area contributed by atoms with E-state index in [-0.39, 0.29) is 11.1 Å². The van der Waals surface area contributed by atoms with E-state index in [0.29, 0.717) is 0 Å². The molecule has 0 aliphatic rings. The van der Waals surface area contributed by atoms with Crippen LogP contribution in [0.2, 0.25) is 0 Å². The van der Waals surface area contributed by atoms with Crippen LogP contribution in [0.1, 0.15) is 22.8 Å². The van der Waals surface area contributed by atoms with Gasteiger partial charge in [0.2, 0.25) is 0 Å². The molecular weight excluding hydrogens is 198 g/mol. The van der Waals surface area contributed by atoms with Gasteiger partial charge in [-0.3, -0.25) is 0 Å². The first kappa shape index (κ1) is 10.6. The van der Waals surface area contributed by atoms with Crippen LogP contribution in [-0.4, -0.2) is 16.8 Å². The summed E-state index contributed by atoms with van der Waals surface area (Å²) in [5, 5.41) is 17.5. The van der Waals surface area contributed by atoms with E-state index in [0.717, 1.165) is 10.6 Å². The predicted octanol–water partition coefficient (Wildman–Crippen LogP) is 2.37. The summed E-state index contributed by atoms with van der Waals surface area (Å²) < 4.78 is 0. The molecule has 0 aromatic heterocycles. The van der Waals surface area contributed by atoms with Crippen molar-refractivity contribution in [3.63, 3.8) is 0 Å². The minimum Gasteiger partial charge on any atom is -0.478 e. The molecule has 0 aliphatic heterocycles. The SMILES string of the molecule is CCSc1ccc(C(=O)O)c(C#N)c1. The molecule has 3 nitrogen and oxygen atoms in total. The summed E-state index contributed by atoms with van der Waals surface area (Å²) in [7, 11) is 0. The summed E-state index contributed by atoms with van der Waals surface area (Å²) >= 11 is 1.58. The second kappa shape index (κ2) is 4.68. The molecule has 0 saturated heterocycles. The summed E-state index contributed by atoms with van der Waals surface area (Å²) in [6.07, 6.45) is 0. The lowest BCUT2D eigenvalue weighted by Gasteiger charge is -2.01. The van der Waals surface area contributed by atoms with Crippen molar-refractivity contribution in [3.05, 3.63) is 29.3 Å². The second-order valence-electron chi connectivity index (χ2n) is 2.56. The smallest absolute Gasteiger partial charge is 0.337 e. The minimum atomic E-state index is -1.06. The molecule has 1 rings (SSSR count). The maximum absolute atomic E-state index is 10.7. The van der Waals surface area contributed by atoms with Crippen LogP contribution in [0.3, 0.4) is 0 Å². The van der Waals surface area contributed by atoms with Crippen LogP contribution in [0.25, 0.3) is 0 Å². The highest BCUT2D eigenvalue weighted by atomic mass is 32.2. The van der Waals surface area contributed by atoms with Crippen molar-refractivity contribution in [2.24, 2.45) is 0 Å². The Labute approximate surface area is 86.4 Å². The van der Waals surface area contributed by atoms with E-state index in [1.54, 1.807) is 23.9 Å². The van der Waals surface area contributed by atoms with E-state index in [2.05, 4.69) is 0 Å². The van der Waals surface area contributed by atoms with Gasteiger partial charge in [-0.15, -0.1) is 11.8 Å². The van der Waals surface area contributed by atoms with E-state index in [9.17, 15) is 4.79 Å². The fourth-order valence-electron chi connectivity index (χ4n) is 1.06. The molecule has 0 heterocycles. The third-order valence-corrected chi connectivity index (χ3v) is 2.53. The maximum Gasteiger partial charge on any atom is 0.337 e. The van der Waals surface area contributed by atoms with Gasteiger partial charge in [-0.25, -0.2) is 4.79 Å². The Morgan fingerprint density at radius 1 is 1.64 bits per heavy atom. The molecule has 0 amide bonds. The van der Waals surface area contributed by atoms with Gasteiger partial charge in [0.1, 0.15) is 6.07 Å². The Morgan fingerprint density at radius 2 is 2.36 bits per heavy atom. The molecular formula is C10H9NO2S. The number of nitrogens with zero attached hydrogens (tertiary/aromatic N) is 1. The number of nitriles is 1. The third-order valence-electron chi connectivity index (χ3n) is 1.65. The molecule has 72 valence electrons. The summed E-state index contributed by atoms with van der Waals surface area (Å²) in [5.74, 6) is -0.160. The molecule has 4 heteroatoms. The maximum atomic E-state index is 10.7. The van der Waals surface area contributed by atoms with Crippen LogP contribution in [0.4, 0.5) is 0 Å². The van der Waals surface area contributed by atoms with Crippen molar-refractivity contribution < 1.29 is 9.90 Å². The van der Waals surface area contributed by atoms with Crippen molar-refractivity contribution in [2.45, 2.75) is 11.8 Å². The van der Waals surface area contributed by atoms with E-state index in [1.807, 2.05) is 13.0 Å². The van der Waals surface area contributed by atoms with Gasteiger partial charge in [0.05, 0.1) is 11.1 Å². The van der Waals surface area contributed by atoms with Gasteiger partial charge in [0.25, 0.3) is 0 Å².